The summed E-state index contributed by atoms with van der Waals surface area (Å²) in [5.74, 6) is 3.77. The van der Waals surface area contributed by atoms with Gasteiger partial charge in [0.15, 0.2) is 0 Å². The fourth-order valence-corrected chi connectivity index (χ4v) is 2.82. The highest BCUT2D eigenvalue weighted by molar-refractivity contribution is 8.00. The largest absolute Gasteiger partial charge is 0.389 e. The van der Waals surface area contributed by atoms with Crippen molar-refractivity contribution in [2.24, 2.45) is 0 Å². The molecule has 1 aliphatic heterocycles. The zero-order valence-electron chi connectivity index (χ0n) is 7.55. The molecule has 0 aromatic carbocycles. The Morgan fingerprint density at radius 1 is 1.75 bits per heavy atom. The van der Waals surface area contributed by atoms with Gasteiger partial charge in [-0.05, 0) is 25.0 Å². The summed E-state index contributed by atoms with van der Waals surface area (Å²) in [6, 6.07) is 0. The molecule has 1 aliphatic rings. The van der Waals surface area contributed by atoms with E-state index in [9.17, 15) is 5.11 Å². The minimum Gasteiger partial charge on any atom is -0.389 e. The van der Waals surface area contributed by atoms with Crippen LogP contribution in [0.2, 0.25) is 0 Å². The van der Waals surface area contributed by atoms with Crippen molar-refractivity contribution in [1.82, 2.24) is 0 Å². The Balaban J connectivity index is 2.48. The number of hydrogen-bond donors (Lipinski definition) is 1. The van der Waals surface area contributed by atoms with Gasteiger partial charge < -0.3 is 5.11 Å². The van der Waals surface area contributed by atoms with Crippen molar-refractivity contribution in [3.63, 3.8) is 0 Å². The predicted octanol–water partition coefficient (Wildman–Crippen LogP) is 2.05. The summed E-state index contributed by atoms with van der Waals surface area (Å²) in [5, 5.41) is 10.5. The highest BCUT2D eigenvalue weighted by Gasteiger charge is 2.35. The van der Waals surface area contributed by atoms with E-state index in [0.717, 1.165) is 19.3 Å². The van der Waals surface area contributed by atoms with E-state index in [1.54, 1.807) is 0 Å². The highest BCUT2D eigenvalue weighted by atomic mass is 32.2. The first-order valence-electron chi connectivity index (χ1n) is 4.46. The van der Waals surface area contributed by atoms with Crippen molar-refractivity contribution in [2.45, 2.75) is 43.5 Å². The smallest absolute Gasteiger partial charge is 0.0772 e. The summed E-state index contributed by atoms with van der Waals surface area (Å²) < 4.78 is 0. The molecule has 0 aromatic rings. The molecule has 2 unspecified atom stereocenters. The van der Waals surface area contributed by atoms with Gasteiger partial charge in [-0.2, -0.15) is 11.8 Å². The first kappa shape index (κ1) is 9.95. The number of aliphatic hydroxyl groups is 1. The maximum Gasteiger partial charge on any atom is 0.0772 e. The van der Waals surface area contributed by atoms with Crippen molar-refractivity contribution < 1.29 is 5.11 Å². The quantitative estimate of drug-likeness (QED) is 0.663. The van der Waals surface area contributed by atoms with E-state index in [0.29, 0.717) is 11.7 Å². The Bertz CT molecular complexity index is 185. The summed E-state index contributed by atoms with van der Waals surface area (Å²) in [6.45, 7) is 2.10. The van der Waals surface area contributed by atoms with Crippen LogP contribution in [-0.2, 0) is 0 Å². The van der Waals surface area contributed by atoms with Crippen molar-refractivity contribution in [1.29, 1.82) is 0 Å². The third-order valence-corrected chi connectivity index (χ3v) is 4.04. The van der Waals surface area contributed by atoms with Crippen LogP contribution in [-0.4, -0.2) is 21.7 Å². The summed E-state index contributed by atoms with van der Waals surface area (Å²) >= 11 is 1.86. The molecule has 1 rings (SSSR count). The Kier molecular flexibility index (Phi) is 3.49. The van der Waals surface area contributed by atoms with Crippen LogP contribution < -0.4 is 0 Å². The van der Waals surface area contributed by atoms with Gasteiger partial charge in [-0.25, -0.2) is 0 Å². The van der Waals surface area contributed by atoms with Crippen LogP contribution in [0.25, 0.3) is 0 Å². The highest BCUT2D eigenvalue weighted by Crippen LogP contribution is 2.36. The van der Waals surface area contributed by atoms with Crippen molar-refractivity contribution in [2.75, 3.05) is 5.75 Å². The normalized spacial score (nSPS) is 35.9. The molecule has 1 N–H and O–H groups in total. The third kappa shape index (κ3) is 2.18. The lowest BCUT2D eigenvalue weighted by Crippen LogP contribution is -2.41. The van der Waals surface area contributed by atoms with Crippen LogP contribution >= 0.6 is 11.8 Å². The Hall–Kier alpha value is -0.130. The second-order valence-corrected chi connectivity index (χ2v) is 4.87. The van der Waals surface area contributed by atoms with E-state index in [2.05, 4.69) is 12.8 Å². The SMILES string of the molecule is C#CCCC1(O)CCCSC1C. The number of hydrogen-bond acceptors (Lipinski definition) is 2. The minimum atomic E-state index is -0.491. The summed E-state index contributed by atoms with van der Waals surface area (Å²) in [5.41, 5.74) is -0.491. The molecule has 0 aromatic heterocycles. The Morgan fingerprint density at radius 3 is 3.08 bits per heavy atom. The van der Waals surface area contributed by atoms with Crippen LogP contribution in [0.3, 0.4) is 0 Å². The first-order chi connectivity index (χ1) is 5.69. The van der Waals surface area contributed by atoms with Gasteiger partial charge >= 0.3 is 0 Å². The molecule has 0 saturated carbocycles. The van der Waals surface area contributed by atoms with Crippen molar-refractivity contribution in [3.8, 4) is 12.3 Å². The summed E-state index contributed by atoms with van der Waals surface area (Å²) in [6.07, 6.45) is 8.68. The van der Waals surface area contributed by atoms with Gasteiger partial charge in [0.05, 0.1) is 5.60 Å². The Morgan fingerprint density at radius 2 is 2.50 bits per heavy atom. The molecule has 2 atom stereocenters. The molecular formula is C10H16OS. The maximum atomic E-state index is 10.2. The number of terminal acetylenes is 1. The molecule has 0 spiro atoms. The lowest BCUT2D eigenvalue weighted by molar-refractivity contribution is 0.0224. The monoisotopic (exact) mass is 184 g/mol. The zero-order chi connectivity index (χ0) is 9.03. The van der Waals surface area contributed by atoms with Crippen LogP contribution in [0.5, 0.6) is 0 Å². The maximum absolute atomic E-state index is 10.2. The second kappa shape index (κ2) is 4.20. The van der Waals surface area contributed by atoms with Gasteiger partial charge in [-0.15, -0.1) is 12.3 Å². The minimum absolute atomic E-state index is 0.347. The summed E-state index contributed by atoms with van der Waals surface area (Å²) in [7, 11) is 0. The molecule has 0 radical (unpaired) electrons. The van der Waals surface area contributed by atoms with Gasteiger partial charge in [0.1, 0.15) is 0 Å². The average molecular weight is 184 g/mol. The van der Waals surface area contributed by atoms with Crippen LogP contribution in [0.4, 0.5) is 0 Å². The molecule has 0 aliphatic carbocycles. The van der Waals surface area contributed by atoms with Crippen molar-refractivity contribution >= 4 is 11.8 Å². The van der Waals surface area contributed by atoms with Crippen LogP contribution in [0.1, 0.15) is 32.6 Å². The van der Waals surface area contributed by atoms with Gasteiger partial charge in [-0.3, -0.25) is 0 Å². The van der Waals surface area contributed by atoms with E-state index in [1.165, 1.54) is 5.75 Å². The molecule has 1 nitrogen and oxygen atoms in total. The second-order valence-electron chi connectivity index (χ2n) is 3.42. The topological polar surface area (TPSA) is 20.2 Å². The molecule has 68 valence electrons. The van der Waals surface area contributed by atoms with Gasteiger partial charge in [0.2, 0.25) is 0 Å². The molecule has 1 fully saturated rings. The third-order valence-electron chi connectivity index (χ3n) is 2.58. The van der Waals surface area contributed by atoms with Gasteiger partial charge in [-0.1, -0.05) is 6.92 Å². The average Bonchev–Trinajstić information content (AvgIpc) is 2.07. The number of thioether (sulfide) groups is 1. The molecule has 0 amide bonds. The Labute approximate surface area is 78.9 Å². The predicted molar refractivity (Wildman–Crippen MR) is 54.2 cm³/mol. The standard InChI is InChI=1S/C10H16OS/c1-3-4-6-10(11)7-5-8-12-9(10)2/h1,9,11H,4-8H2,2H3. The molecular weight excluding hydrogens is 168 g/mol. The van der Waals surface area contributed by atoms with Crippen LogP contribution in [0, 0.1) is 12.3 Å². The van der Waals surface area contributed by atoms with Crippen LogP contribution in [0.15, 0.2) is 0 Å². The van der Waals surface area contributed by atoms with Gasteiger partial charge in [0, 0.05) is 11.7 Å². The first-order valence-corrected chi connectivity index (χ1v) is 5.51. The summed E-state index contributed by atoms with van der Waals surface area (Å²) in [4.78, 5) is 0. The zero-order valence-corrected chi connectivity index (χ0v) is 8.36. The lowest BCUT2D eigenvalue weighted by atomic mass is 9.89. The lowest BCUT2D eigenvalue weighted by Gasteiger charge is -2.37. The fraction of sp³-hybridized carbons (Fsp3) is 0.800. The number of rotatable bonds is 2. The molecule has 12 heavy (non-hydrogen) atoms. The molecule has 1 heterocycles. The van der Waals surface area contributed by atoms with E-state index in [-0.39, 0.29) is 0 Å². The van der Waals surface area contributed by atoms with E-state index < -0.39 is 5.60 Å². The van der Waals surface area contributed by atoms with Crippen molar-refractivity contribution in [3.05, 3.63) is 0 Å². The molecule has 2 heteroatoms. The van der Waals surface area contributed by atoms with E-state index in [4.69, 9.17) is 6.42 Å². The molecule has 0 bridgehead atoms. The van der Waals surface area contributed by atoms with E-state index in [1.807, 2.05) is 11.8 Å². The van der Waals surface area contributed by atoms with E-state index >= 15 is 0 Å². The molecule has 1 saturated heterocycles. The fourth-order valence-electron chi connectivity index (χ4n) is 1.61. The van der Waals surface area contributed by atoms with Gasteiger partial charge in [0.25, 0.3) is 0 Å².